The van der Waals surface area contributed by atoms with Gasteiger partial charge < -0.3 is 5.32 Å². The average Bonchev–Trinajstić information content (AvgIpc) is 3.02. The number of hydrogen-bond acceptors (Lipinski definition) is 3. The average molecular weight is 266 g/mol. The van der Waals surface area contributed by atoms with Gasteiger partial charge in [-0.05, 0) is 36.0 Å². The Hall–Kier alpha value is -2.12. The lowest BCUT2D eigenvalue weighted by molar-refractivity contribution is 0.466. The summed E-state index contributed by atoms with van der Waals surface area (Å²) in [5.74, 6) is 0. The van der Waals surface area contributed by atoms with E-state index in [1.54, 1.807) is 6.20 Å². The van der Waals surface area contributed by atoms with Gasteiger partial charge in [0.2, 0.25) is 0 Å². The molecule has 20 heavy (non-hydrogen) atoms. The third-order valence-corrected chi connectivity index (χ3v) is 3.97. The number of aromatic nitrogens is 2. The number of nitrogens with one attached hydrogen (secondary N) is 1. The van der Waals surface area contributed by atoms with Crippen LogP contribution in [-0.2, 0) is 6.54 Å². The summed E-state index contributed by atoms with van der Waals surface area (Å²) in [4.78, 5) is 0. The minimum absolute atomic E-state index is 0.245. The third kappa shape index (κ3) is 2.73. The van der Waals surface area contributed by atoms with Crippen LogP contribution in [0.25, 0.3) is 5.69 Å². The van der Waals surface area contributed by atoms with Crippen molar-refractivity contribution in [2.75, 3.05) is 6.54 Å². The molecule has 1 N–H and O–H groups in total. The molecule has 0 bridgehead atoms. The maximum Gasteiger partial charge on any atom is 0.0690 e. The van der Waals surface area contributed by atoms with Crippen molar-refractivity contribution >= 4 is 0 Å². The van der Waals surface area contributed by atoms with Crippen LogP contribution in [0.1, 0.15) is 24.8 Å². The van der Waals surface area contributed by atoms with Crippen LogP contribution in [0.4, 0.5) is 0 Å². The molecule has 0 spiro atoms. The summed E-state index contributed by atoms with van der Waals surface area (Å²) in [5, 5.41) is 16.6. The molecule has 0 unspecified atom stereocenters. The summed E-state index contributed by atoms with van der Waals surface area (Å²) < 4.78 is 1.89. The van der Waals surface area contributed by atoms with E-state index in [1.807, 2.05) is 29.1 Å². The molecule has 2 aromatic rings. The Balaban J connectivity index is 1.65. The van der Waals surface area contributed by atoms with Crippen molar-refractivity contribution in [3.05, 3.63) is 48.3 Å². The van der Waals surface area contributed by atoms with E-state index in [0.29, 0.717) is 6.42 Å². The Bertz CT molecular complexity index is 606. The number of nitriles is 1. The predicted molar refractivity (Wildman–Crippen MR) is 77.2 cm³/mol. The van der Waals surface area contributed by atoms with Crippen molar-refractivity contribution in [3.8, 4) is 11.8 Å². The minimum Gasteiger partial charge on any atom is -0.312 e. The Morgan fingerprint density at radius 2 is 2.15 bits per heavy atom. The van der Waals surface area contributed by atoms with Crippen LogP contribution in [0.15, 0.2) is 42.7 Å². The molecule has 0 amide bonds. The van der Waals surface area contributed by atoms with Gasteiger partial charge in [-0.15, -0.1) is 0 Å². The number of nitrogens with zero attached hydrogens (tertiary/aromatic N) is 3. The molecule has 0 aliphatic heterocycles. The molecule has 4 nitrogen and oxygen atoms in total. The lowest BCUT2D eigenvalue weighted by atomic mass is 10.0. The topological polar surface area (TPSA) is 53.6 Å². The minimum atomic E-state index is 0.245. The number of para-hydroxylation sites is 1. The van der Waals surface area contributed by atoms with Crippen molar-refractivity contribution < 1.29 is 0 Å². The zero-order chi connectivity index (χ0) is 13.8. The van der Waals surface area contributed by atoms with E-state index in [9.17, 15) is 0 Å². The van der Waals surface area contributed by atoms with Crippen LogP contribution in [0.2, 0.25) is 0 Å². The smallest absolute Gasteiger partial charge is 0.0690 e. The molecular weight excluding hydrogens is 248 g/mol. The second-order valence-corrected chi connectivity index (χ2v) is 5.52. The second-order valence-electron chi connectivity index (χ2n) is 5.52. The maximum atomic E-state index is 8.84. The lowest BCUT2D eigenvalue weighted by Crippen LogP contribution is -2.24. The second kappa shape index (κ2) is 5.48. The van der Waals surface area contributed by atoms with Gasteiger partial charge in [0.15, 0.2) is 0 Å². The molecule has 4 heteroatoms. The highest BCUT2D eigenvalue weighted by molar-refractivity contribution is 5.40. The number of rotatable bonds is 6. The SMILES string of the molecule is N#CCC1(CNCc2ccccc2-n2cccn2)CC1. The van der Waals surface area contributed by atoms with Crippen LogP contribution < -0.4 is 5.32 Å². The van der Waals surface area contributed by atoms with Gasteiger partial charge in [0.25, 0.3) is 0 Å². The summed E-state index contributed by atoms with van der Waals surface area (Å²) in [6.07, 6.45) is 6.76. The number of benzene rings is 1. The summed E-state index contributed by atoms with van der Waals surface area (Å²) in [6, 6.07) is 12.5. The molecule has 1 aromatic carbocycles. The van der Waals surface area contributed by atoms with Crippen LogP contribution >= 0.6 is 0 Å². The van der Waals surface area contributed by atoms with Crippen LogP contribution in [-0.4, -0.2) is 16.3 Å². The quantitative estimate of drug-likeness (QED) is 0.874. The zero-order valence-corrected chi connectivity index (χ0v) is 11.4. The Labute approximate surface area is 119 Å². The molecule has 1 saturated carbocycles. The highest BCUT2D eigenvalue weighted by Crippen LogP contribution is 2.47. The molecular formula is C16H18N4. The fourth-order valence-electron chi connectivity index (χ4n) is 2.52. The van der Waals surface area contributed by atoms with Gasteiger partial charge in [-0.3, -0.25) is 0 Å². The Morgan fingerprint density at radius 1 is 1.30 bits per heavy atom. The Morgan fingerprint density at radius 3 is 2.85 bits per heavy atom. The standard InChI is InChI=1S/C16H18N4/c17-9-8-16(6-7-16)13-18-12-14-4-1-2-5-15(14)20-11-3-10-19-20/h1-5,10-11,18H,6-8,12-13H2. The van der Waals surface area contributed by atoms with Gasteiger partial charge in [-0.2, -0.15) is 10.4 Å². The number of hydrogen-bond donors (Lipinski definition) is 1. The third-order valence-electron chi connectivity index (χ3n) is 3.97. The maximum absolute atomic E-state index is 8.84. The van der Waals surface area contributed by atoms with E-state index >= 15 is 0 Å². The predicted octanol–water partition coefficient (Wildman–Crippen LogP) is 2.66. The summed E-state index contributed by atoms with van der Waals surface area (Å²) in [7, 11) is 0. The van der Waals surface area contributed by atoms with Crippen LogP contribution in [0, 0.1) is 16.7 Å². The van der Waals surface area contributed by atoms with Crippen molar-refractivity contribution in [2.45, 2.75) is 25.8 Å². The van der Waals surface area contributed by atoms with E-state index in [0.717, 1.165) is 18.8 Å². The molecule has 0 saturated heterocycles. The molecule has 1 aromatic heterocycles. The molecule has 0 atom stereocenters. The van der Waals surface area contributed by atoms with E-state index in [-0.39, 0.29) is 5.41 Å². The summed E-state index contributed by atoms with van der Waals surface area (Å²) >= 11 is 0. The molecule has 1 aliphatic carbocycles. The largest absolute Gasteiger partial charge is 0.312 e. The van der Waals surface area contributed by atoms with E-state index in [4.69, 9.17) is 5.26 Å². The van der Waals surface area contributed by atoms with E-state index < -0.39 is 0 Å². The van der Waals surface area contributed by atoms with Crippen molar-refractivity contribution in [1.29, 1.82) is 5.26 Å². The monoisotopic (exact) mass is 266 g/mol. The summed E-state index contributed by atoms with van der Waals surface area (Å²) in [5.41, 5.74) is 2.58. The first-order valence-electron chi connectivity index (χ1n) is 6.99. The van der Waals surface area contributed by atoms with Gasteiger partial charge in [-0.1, -0.05) is 18.2 Å². The summed E-state index contributed by atoms with van der Waals surface area (Å²) in [6.45, 7) is 1.73. The van der Waals surface area contributed by atoms with Gasteiger partial charge in [0, 0.05) is 31.9 Å². The molecule has 0 radical (unpaired) electrons. The lowest BCUT2D eigenvalue weighted by Gasteiger charge is -2.14. The van der Waals surface area contributed by atoms with Crippen molar-refractivity contribution in [3.63, 3.8) is 0 Å². The van der Waals surface area contributed by atoms with Gasteiger partial charge >= 0.3 is 0 Å². The highest BCUT2D eigenvalue weighted by atomic mass is 15.3. The molecule has 1 aliphatic rings. The fraction of sp³-hybridized carbons (Fsp3) is 0.375. The van der Waals surface area contributed by atoms with Crippen LogP contribution in [0.5, 0.6) is 0 Å². The fourth-order valence-corrected chi connectivity index (χ4v) is 2.52. The first-order valence-corrected chi connectivity index (χ1v) is 6.99. The molecule has 1 fully saturated rings. The van der Waals surface area contributed by atoms with Crippen molar-refractivity contribution in [2.24, 2.45) is 5.41 Å². The van der Waals surface area contributed by atoms with Gasteiger partial charge in [-0.25, -0.2) is 4.68 Å². The van der Waals surface area contributed by atoms with E-state index in [1.165, 1.54) is 18.4 Å². The van der Waals surface area contributed by atoms with Crippen LogP contribution in [0.3, 0.4) is 0 Å². The van der Waals surface area contributed by atoms with E-state index in [2.05, 4.69) is 28.6 Å². The first-order chi connectivity index (χ1) is 9.83. The van der Waals surface area contributed by atoms with Crippen molar-refractivity contribution in [1.82, 2.24) is 15.1 Å². The first kappa shape index (κ1) is 12.9. The molecule has 102 valence electrons. The van der Waals surface area contributed by atoms with Gasteiger partial charge in [0.1, 0.15) is 0 Å². The molecule has 3 rings (SSSR count). The zero-order valence-electron chi connectivity index (χ0n) is 11.4. The highest BCUT2D eigenvalue weighted by Gasteiger charge is 2.41. The van der Waals surface area contributed by atoms with Gasteiger partial charge in [0.05, 0.1) is 11.8 Å². The molecule has 1 heterocycles. The normalized spacial score (nSPS) is 15.8. The Kier molecular flexibility index (Phi) is 3.53.